The van der Waals surface area contributed by atoms with Crippen LogP contribution < -0.4 is 26.2 Å². The van der Waals surface area contributed by atoms with Crippen LogP contribution in [0.2, 0.25) is 10.0 Å². The van der Waals surface area contributed by atoms with Gasteiger partial charge in [-0.2, -0.15) is 0 Å². The predicted octanol–water partition coefficient (Wildman–Crippen LogP) is 5.34. The van der Waals surface area contributed by atoms with E-state index in [1.165, 1.54) is 0 Å². The molecule has 5 heterocycles. The molecule has 5 aromatic rings. The van der Waals surface area contributed by atoms with E-state index in [2.05, 4.69) is 25.8 Å². The molecular formula is C39H39Cl2N7O4. The normalized spacial score (nSPS) is 17.4. The largest absolute Gasteiger partial charge is 0.481 e. The highest BCUT2D eigenvalue weighted by molar-refractivity contribution is 6.39. The van der Waals surface area contributed by atoms with Gasteiger partial charge in [0.1, 0.15) is 5.65 Å². The molecule has 268 valence electrons. The number of hydrogen-bond donors (Lipinski definition) is 3. The second-order valence-electron chi connectivity index (χ2n) is 13.2. The molecule has 2 aromatic carbocycles. The van der Waals surface area contributed by atoms with Gasteiger partial charge in [0.2, 0.25) is 17.7 Å². The Bertz CT molecular complexity index is 2230. The number of ether oxygens (including phenoxy) is 1. The highest BCUT2D eigenvalue weighted by Gasteiger charge is 2.28. The van der Waals surface area contributed by atoms with E-state index in [0.29, 0.717) is 65.4 Å². The second kappa shape index (κ2) is 15.4. The number of rotatable bonds is 11. The van der Waals surface area contributed by atoms with Crippen LogP contribution >= 0.6 is 23.2 Å². The number of likely N-dealkylation sites (tertiary alicyclic amines) is 1. The molecule has 2 atom stereocenters. The molecule has 0 bridgehead atoms. The standard InChI is InChI=1S/C39H39Cl2N7O4/c1-42-37(50)25-13-15-47(21-25)22-26-19-44-33-17-23(14-16-48(33)39(26)51)28-5-3-6-29(35(28)40)30-7-4-8-31(36(30)41)32-11-9-24(38(46-32)52-2)18-43-20-27-10-12-34(49)45-27/h3-9,11,14,16-17,19,25,27,43H,10,12-13,15,18,20-22H2,1-2H3,(H,42,50)(H,45,49). The van der Waals surface area contributed by atoms with E-state index >= 15 is 0 Å². The summed E-state index contributed by atoms with van der Waals surface area (Å²) in [6.07, 6.45) is 5.51. The third kappa shape index (κ3) is 7.27. The molecule has 52 heavy (non-hydrogen) atoms. The van der Waals surface area contributed by atoms with E-state index in [0.717, 1.165) is 52.8 Å². The van der Waals surface area contributed by atoms with Gasteiger partial charge in [0, 0.05) is 85.9 Å². The lowest BCUT2D eigenvalue weighted by atomic mass is 9.97. The van der Waals surface area contributed by atoms with Crippen LogP contribution in [0.3, 0.4) is 0 Å². The van der Waals surface area contributed by atoms with Crippen molar-refractivity contribution in [1.82, 2.24) is 35.2 Å². The molecule has 0 aliphatic carbocycles. The first-order chi connectivity index (χ1) is 25.2. The molecule has 3 N–H and O–H groups in total. The van der Waals surface area contributed by atoms with Gasteiger partial charge < -0.3 is 20.7 Å². The Morgan fingerprint density at radius 3 is 2.46 bits per heavy atom. The summed E-state index contributed by atoms with van der Waals surface area (Å²) in [4.78, 5) is 48.6. The topological polar surface area (TPSA) is 130 Å². The molecule has 2 saturated heterocycles. The molecular weight excluding hydrogens is 701 g/mol. The fraction of sp³-hybridized carbons (Fsp3) is 0.308. The number of halogens is 2. The van der Waals surface area contributed by atoms with Crippen LogP contribution in [-0.2, 0) is 22.7 Å². The van der Waals surface area contributed by atoms with Crippen LogP contribution in [-0.4, -0.2) is 70.9 Å². The summed E-state index contributed by atoms with van der Waals surface area (Å²) in [7, 11) is 3.24. The molecule has 2 aliphatic heterocycles. The van der Waals surface area contributed by atoms with Crippen molar-refractivity contribution in [2.24, 2.45) is 5.92 Å². The molecule has 7 rings (SSSR count). The maximum absolute atomic E-state index is 13.4. The summed E-state index contributed by atoms with van der Waals surface area (Å²) >= 11 is 14.2. The number of methoxy groups -OCH3 is 1. The molecule has 0 saturated carbocycles. The number of nitrogens with zero attached hydrogens (tertiary/aromatic N) is 4. The first-order valence-electron chi connectivity index (χ1n) is 17.3. The number of aromatic nitrogens is 3. The molecule has 11 nitrogen and oxygen atoms in total. The highest BCUT2D eigenvalue weighted by Crippen LogP contribution is 2.42. The van der Waals surface area contributed by atoms with E-state index in [1.54, 1.807) is 31.0 Å². The quantitative estimate of drug-likeness (QED) is 0.166. The number of hydrogen-bond acceptors (Lipinski definition) is 8. The van der Waals surface area contributed by atoms with Gasteiger partial charge in [-0.15, -0.1) is 0 Å². The number of pyridine rings is 2. The molecule has 0 spiro atoms. The number of carbonyl (C=O) groups excluding carboxylic acids is 2. The zero-order valence-corrected chi connectivity index (χ0v) is 30.4. The number of amides is 2. The summed E-state index contributed by atoms with van der Waals surface area (Å²) in [6.45, 7) is 3.00. The maximum Gasteiger partial charge on any atom is 0.262 e. The zero-order chi connectivity index (χ0) is 36.4. The molecule has 0 radical (unpaired) electrons. The van der Waals surface area contributed by atoms with E-state index < -0.39 is 0 Å². The molecule has 2 unspecified atom stereocenters. The second-order valence-corrected chi connectivity index (χ2v) is 14.0. The summed E-state index contributed by atoms with van der Waals surface area (Å²) in [5.74, 6) is 0.543. The average molecular weight is 741 g/mol. The Kier molecular flexibility index (Phi) is 10.6. The SMILES string of the molecule is CNC(=O)C1CCN(Cc2cnc3cc(-c4cccc(-c5cccc(-c6ccc(CNCC7CCC(=O)N7)c(OC)n6)c5Cl)c4Cl)ccn3c2=O)C1. The van der Waals surface area contributed by atoms with Gasteiger partial charge in [-0.3, -0.25) is 23.7 Å². The first-order valence-corrected chi connectivity index (χ1v) is 18.1. The van der Waals surface area contributed by atoms with Crippen LogP contribution in [0.4, 0.5) is 0 Å². The van der Waals surface area contributed by atoms with Crippen molar-refractivity contribution in [2.45, 2.75) is 38.4 Å². The minimum atomic E-state index is -0.142. The van der Waals surface area contributed by atoms with Crippen LogP contribution in [0.1, 0.15) is 30.4 Å². The Morgan fingerprint density at radius 1 is 0.981 bits per heavy atom. The van der Waals surface area contributed by atoms with Crippen LogP contribution in [0, 0.1) is 5.92 Å². The van der Waals surface area contributed by atoms with Gasteiger partial charge in [0.05, 0.1) is 34.3 Å². The number of fused-ring (bicyclic) bond motifs is 1. The Balaban J connectivity index is 1.12. The summed E-state index contributed by atoms with van der Waals surface area (Å²) in [5.41, 5.74) is 6.29. The molecule has 2 aliphatic rings. The van der Waals surface area contributed by atoms with Gasteiger partial charge >= 0.3 is 0 Å². The fourth-order valence-corrected chi connectivity index (χ4v) is 7.73. The minimum Gasteiger partial charge on any atom is -0.481 e. The summed E-state index contributed by atoms with van der Waals surface area (Å²) < 4.78 is 7.19. The molecule has 2 amide bonds. The van der Waals surface area contributed by atoms with Crippen molar-refractivity contribution in [3.05, 3.63) is 105 Å². The summed E-state index contributed by atoms with van der Waals surface area (Å²) in [6, 6.07) is 19.3. The predicted molar refractivity (Wildman–Crippen MR) is 202 cm³/mol. The third-order valence-corrected chi connectivity index (χ3v) is 10.7. The van der Waals surface area contributed by atoms with E-state index in [9.17, 15) is 14.4 Å². The number of nitrogens with one attached hydrogen (secondary N) is 3. The molecule has 13 heteroatoms. The lowest BCUT2D eigenvalue weighted by Crippen LogP contribution is -2.35. The van der Waals surface area contributed by atoms with Crippen molar-refractivity contribution >= 4 is 40.7 Å². The summed E-state index contributed by atoms with van der Waals surface area (Å²) in [5, 5.41) is 10.1. The van der Waals surface area contributed by atoms with E-state index in [-0.39, 0.29) is 29.3 Å². The van der Waals surface area contributed by atoms with Gasteiger partial charge in [-0.05, 0) is 43.1 Å². The number of benzene rings is 2. The van der Waals surface area contributed by atoms with Gasteiger partial charge in [-0.25, -0.2) is 9.97 Å². The van der Waals surface area contributed by atoms with Crippen LogP contribution in [0.25, 0.3) is 39.2 Å². The van der Waals surface area contributed by atoms with Crippen molar-refractivity contribution < 1.29 is 14.3 Å². The smallest absolute Gasteiger partial charge is 0.262 e. The Morgan fingerprint density at radius 2 is 1.73 bits per heavy atom. The maximum atomic E-state index is 13.4. The zero-order valence-electron chi connectivity index (χ0n) is 28.9. The highest BCUT2D eigenvalue weighted by atomic mass is 35.5. The first kappa shape index (κ1) is 35.6. The van der Waals surface area contributed by atoms with Crippen LogP contribution in [0.5, 0.6) is 5.88 Å². The van der Waals surface area contributed by atoms with Crippen molar-refractivity contribution in [3.63, 3.8) is 0 Å². The van der Waals surface area contributed by atoms with Crippen molar-refractivity contribution in [1.29, 1.82) is 0 Å². The van der Waals surface area contributed by atoms with Gasteiger partial charge in [0.15, 0.2) is 0 Å². The third-order valence-electron chi connectivity index (χ3n) is 9.86. The average Bonchev–Trinajstić information content (AvgIpc) is 3.81. The van der Waals surface area contributed by atoms with E-state index in [4.69, 9.17) is 32.9 Å². The van der Waals surface area contributed by atoms with Gasteiger partial charge in [0.25, 0.3) is 5.56 Å². The fourth-order valence-electron chi connectivity index (χ4n) is 7.07. The lowest BCUT2D eigenvalue weighted by Gasteiger charge is -2.16. The number of carbonyl (C=O) groups is 2. The Hall–Kier alpha value is -4.81. The Labute approximate surface area is 311 Å². The molecule has 3 aromatic heterocycles. The van der Waals surface area contributed by atoms with Crippen molar-refractivity contribution in [2.75, 3.05) is 33.8 Å². The van der Waals surface area contributed by atoms with Gasteiger partial charge in [-0.1, -0.05) is 65.7 Å². The van der Waals surface area contributed by atoms with Crippen LogP contribution in [0.15, 0.2) is 77.9 Å². The minimum absolute atomic E-state index is 0.0298. The van der Waals surface area contributed by atoms with E-state index in [1.807, 2.05) is 60.7 Å². The van der Waals surface area contributed by atoms with Crippen molar-refractivity contribution in [3.8, 4) is 39.4 Å². The monoisotopic (exact) mass is 739 g/mol. The molecule has 2 fully saturated rings. The lowest BCUT2D eigenvalue weighted by molar-refractivity contribution is -0.124.